The molecule has 1 fully saturated rings. The normalized spacial score (nSPS) is 21.4. The van der Waals surface area contributed by atoms with Gasteiger partial charge in [-0.1, -0.05) is 49.1 Å². The summed E-state index contributed by atoms with van der Waals surface area (Å²) in [6.07, 6.45) is 4.05. The van der Waals surface area contributed by atoms with Crippen molar-refractivity contribution in [2.45, 2.75) is 31.8 Å². The van der Waals surface area contributed by atoms with Crippen LogP contribution in [0.4, 0.5) is 0 Å². The van der Waals surface area contributed by atoms with Crippen molar-refractivity contribution in [3.63, 3.8) is 0 Å². The minimum absolute atomic E-state index is 0.343. The predicted molar refractivity (Wildman–Crippen MR) is 122 cm³/mol. The Kier molecular flexibility index (Phi) is 5.23. The molecule has 3 aliphatic rings. The SMILES string of the molecule is C=C1CCC(N2C(=O)c3ccc(C4=CCN(Cc5ccccc5)CC4)cc3C2=O)C(=O)N1. The zero-order chi connectivity index (χ0) is 22.2. The summed E-state index contributed by atoms with van der Waals surface area (Å²) in [5.74, 6) is -1.12. The Balaban J connectivity index is 1.33. The molecule has 2 aromatic rings. The maximum atomic E-state index is 13.1. The molecular formula is C26H25N3O3. The first-order valence-electron chi connectivity index (χ1n) is 11.0. The van der Waals surface area contributed by atoms with Gasteiger partial charge in [-0.05, 0) is 48.1 Å². The Morgan fingerprint density at radius 3 is 2.47 bits per heavy atom. The molecule has 0 bridgehead atoms. The van der Waals surface area contributed by atoms with Crippen LogP contribution < -0.4 is 5.32 Å². The van der Waals surface area contributed by atoms with Crippen LogP contribution in [0.3, 0.4) is 0 Å². The molecule has 6 nitrogen and oxygen atoms in total. The molecule has 0 aromatic heterocycles. The molecule has 0 radical (unpaired) electrons. The van der Waals surface area contributed by atoms with Gasteiger partial charge in [-0.15, -0.1) is 0 Å². The second-order valence-electron chi connectivity index (χ2n) is 8.59. The number of benzene rings is 2. The van der Waals surface area contributed by atoms with E-state index >= 15 is 0 Å². The second kappa shape index (κ2) is 8.20. The summed E-state index contributed by atoms with van der Waals surface area (Å²) >= 11 is 0. The molecule has 1 saturated heterocycles. The van der Waals surface area contributed by atoms with Gasteiger partial charge in [-0.25, -0.2) is 0 Å². The van der Waals surface area contributed by atoms with E-state index in [2.05, 4.69) is 47.1 Å². The molecule has 1 unspecified atom stereocenters. The predicted octanol–water partition coefficient (Wildman–Crippen LogP) is 3.36. The summed E-state index contributed by atoms with van der Waals surface area (Å²) in [4.78, 5) is 41.9. The molecule has 3 amide bonds. The monoisotopic (exact) mass is 427 g/mol. The van der Waals surface area contributed by atoms with Gasteiger partial charge >= 0.3 is 0 Å². The number of hydrogen-bond donors (Lipinski definition) is 1. The van der Waals surface area contributed by atoms with Gasteiger partial charge in [0.15, 0.2) is 0 Å². The molecule has 0 aliphatic carbocycles. The number of carbonyl (C=O) groups excluding carboxylic acids is 3. The van der Waals surface area contributed by atoms with E-state index in [-0.39, 0.29) is 11.8 Å². The maximum absolute atomic E-state index is 13.1. The van der Waals surface area contributed by atoms with Crippen LogP contribution in [-0.4, -0.2) is 46.7 Å². The van der Waals surface area contributed by atoms with Crippen LogP contribution in [0, 0.1) is 0 Å². The van der Waals surface area contributed by atoms with Gasteiger partial charge in [0.25, 0.3) is 11.8 Å². The number of nitrogens with one attached hydrogen (secondary N) is 1. The van der Waals surface area contributed by atoms with Crippen molar-refractivity contribution in [1.82, 2.24) is 15.1 Å². The Bertz CT molecular complexity index is 1150. The number of nitrogens with zero attached hydrogens (tertiary/aromatic N) is 2. The Labute approximate surface area is 187 Å². The summed E-state index contributed by atoms with van der Waals surface area (Å²) < 4.78 is 0. The van der Waals surface area contributed by atoms with Gasteiger partial charge in [0, 0.05) is 25.3 Å². The Morgan fingerprint density at radius 2 is 1.75 bits per heavy atom. The highest BCUT2D eigenvalue weighted by Gasteiger charge is 2.44. The van der Waals surface area contributed by atoms with Crippen LogP contribution in [0.1, 0.15) is 51.1 Å². The van der Waals surface area contributed by atoms with E-state index in [9.17, 15) is 14.4 Å². The minimum Gasteiger partial charge on any atom is -0.329 e. The number of allylic oxidation sites excluding steroid dienone is 1. The molecule has 162 valence electrons. The van der Waals surface area contributed by atoms with Crippen LogP contribution in [0.15, 0.2) is 66.9 Å². The van der Waals surface area contributed by atoms with Crippen molar-refractivity contribution >= 4 is 23.3 Å². The van der Waals surface area contributed by atoms with E-state index in [0.29, 0.717) is 29.7 Å². The molecule has 1 atom stereocenters. The van der Waals surface area contributed by atoms with Gasteiger partial charge in [-0.3, -0.25) is 24.2 Å². The molecule has 32 heavy (non-hydrogen) atoms. The van der Waals surface area contributed by atoms with Crippen molar-refractivity contribution in [2.24, 2.45) is 0 Å². The van der Waals surface area contributed by atoms with Crippen LogP contribution in [0.2, 0.25) is 0 Å². The molecule has 6 heteroatoms. The zero-order valence-corrected chi connectivity index (χ0v) is 17.8. The lowest BCUT2D eigenvalue weighted by molar-refractivity contribution is -0.125. The van der Waals surface area contributed by atoms with Gasteiger partial charge in [-0.2, -0.15) is 0 Å². The molecule has 3 heterocycles. The average Bonchev–Trinajstić information content (AvgIpc) is 3.05. The summed E-state index contributed by atoms with van der Waals surface area (Å²) in [6.45, 7) is 6.45. The first-order chi connectivity index (χ1) is 15.5. The standard InChI is InChI=1S/C26H25N3O3/c1-17-7-10-23(24(30)27-17)29-25(31)21-9-8-20(15-22(21)26(29)32)19-11-13-28(14-12-19)16-18-5-3-2-4-6-18/h2-6,8-9,11,15,23H,1,7,10,12-14,16H2,(H,27,30). The van der Waals surface area contributed by atoms with Crippen LogP contribution in [0.5, 0.6) is 0 Å². The number of hydrogen-bond acceptors (Lipinski definition) is 4. The van der Waals surface area contributed by atoms with E-state index in [1.54, 1.807) is 6.07 Å². The number of carbonyl (C=O) groups is 3. The van der Waals surface area contributed by atoms with Crippen molar-refractivity contribution < 1.29 is 14.4 Å². The summed E-state index contributed by atoms with van der Waals surface area (Å²) in [6, 6.07) is 15.1. The second-order valence-corrected chi connectivity index (χ2v) is 8.59. The van der Waals surface area contributed by atoms with Gasteiger partial charge in [0.1, 0.15) is 6.04 Å². The summed E-state index contributed by atoms with van der Waals surface area (Å²) in [5.41, 5.74) is 4.82. The van der Waals surface area contributed by atoms with E-state index in [1.807, 2.05) is 18.2 Å². The van der Waals surface area contributed by atoms with E-state index in [0.717, 1.165) is 36.5 Å². The zero-order valence-electron chi connectivity index (χ0n) is 17.8. The first kappa shape index (κ1) is 20.4. The first-order valence-corrected chi connectivity index (χ1v) is 11.0. The summed E-state index contributed by atoms with van der Waals surface area (Å²) in [7, 11) is 0. The number of amides is 3. The largest absolute Gasteiger partial charge is 0.329 e. The molecule has 1 N–H and O–H groups in total. The molecule has 0 spiro atoms. The smallest absolute Gasteiger partial charge is 0.262 e. The maximum Gasteiger partial charge on any atom is 0.262 e. The van der Waals surface area contributed by atoms with Gasteiger partial charge < -0.3 is 5.32 Å². The molecule has 5 rings (SSSR count). The lowest BCUT2D eigenvalue weighted by atomic mass is 9.96. The number of rotatable bonds is 4. The van der Waals surface area contributed by atoms with Gasteiger partial charge in [0.05, 0.1) is 11.1 Å². The highest BCUT2D eigenvalue weighted by atomic mass is 16.2. The van der Waals surface area contributed by atoms with Gasteiger partial charge in [0.2, 0.25) is 5.91 Å². The summed E-state index contributed by atoms with van der Waals surface area (Å²) in [5, 5.41) is 2.67. The van der Waals surface area contributed by atoms with Crippen molar-refractivity contribution in [3.8, 4) is 0 Å². The number of piperidine rings is 1. The van der Waals surface area contributed by atoms with Crippen LogP contribution in [0.25, 0.3) is 5.57 Å². The van der Waals surface area contributed by atoms with Crippen molar-refractivity contribution in [3.05, 3.63) is 89.1 Å². The lowest BCUT2D eigenvalue weighted by Crippen LogP contribution is -2.51. The fourth-order valence-electron chi connectivity index (χ4n) is 4.71. The molecule has 0 saturated carbocycles. The Morgan fingerprint density at radius 1 is 0.969 bits per heavy atom. The van der Waals surface area contributed by atoms with Crippen LogP contribution >= 0.6 is 0 Å². The molecule has 2 aromatic carbocycles. The minimum atomic E-state index is -0.781. The topological polar surface area (TPSA) is 69.7 Å². The highest BCUT2D eigenvalue weighted by molar-refractivity contribution is 6.23. The van der Waals surface area contributed by atoms with Crippen LogP contribution in [-0.2, 0) is 11.3 Å². The molecular weight excluding hydrogens is 402 g/mol. The van der Waals surface area contributed by atoms with Crippen molar-refractivity contribution in [1.29, 1.82) is 0 Å². The quantitative estimate of drug-likeness (QED) is 0.760. The Hall–Kier alpha value is -3.51. The number of fused-ring (bicyclic) bond motifs is 1. The third-order valence-corrected chi connectivity index (χ3v) is 6.46. The average molecular weight is 428 g/mol. The fourth-order valence-corrected chi connectivity index (χ4v) is 4.71. The van der Waals surface area contributed by atoms with E-state index in [4.69, 9.17) is 0 Å². The third kappa shape index (κ3) is 3.67. The van der Waals surface area contributed by atoms with Crippen molar-refractivity contribution in [2.75, 3.05) is 13.1 Å². The molecule has 3 aliphatic heterocycles. The lowest BCUT2D eigenvalue weighted by Gasteiger charge is -2.29. The fraction of sp³-hybridized carbons (Fsp3) is 0.269. The third-order valence-electron chi connectivity index (χ3n) is 6.46. The highest BCUT2D eigenvalue weighted by Crippen LogP contribution is 2.32. The number of imide groups is 1. The van der Waals surface area contributed by atoms with E-state index in [1.165, 1.54) is 11.1 Å². The van der Waals surface area contributed by atoms with E-state index < -0.39 is 11.9 Å².